The molecule has 5 nitrogen and oxygen atoms in total. The van der Waals surface area contributed by atoms with E-state index in [9.17, 15) is 8.42 Å². The molecule has 0 aromatic rings. The van der Waals surface area contributed by atoms with E-state index >= 15 is 0 Å². The van der Waals surface area contributed by atoms with Gasteiger partial charge in [0.1, 0.15) is 0 Å². The molecule has 2 N–H and O–H groups in total. The van der Waals surface area contributed by atoms with Crippen molar-refractivity contribution in [2.75, 3.05) is 33.2 Å². The molecule has 0 saturated heterocycles. The van der Waals surface area contributed by atoms with Crippen LogP contribution < -0.4 is 10.0 Å². The van der Waals surface area contributed by atoms with Crippen molar-refractivity contribution in [3.05, 3.63) is 11.6 Å². The molecule has 18 heavy (non-hydrogen) atoms. The minimum atomic E-state index is -3.31. The van der Waals surface area contributed by atoms with Crippen LogP contribution >= 0.6 is 12.4 Å². The van der Waals surface area contributed by atoms with Gasteiger partial charge in [-0.2, -0.15) is 17.4 Å². The van der Waals surface area contributed by atoms with E-state index in [1.54, 1.807) is 7.05 Å². The largest absolute Gasteiger partial charge is 0.313 e. The van der Waals surface area contributed by atoms with Gasteiger partial charge in [-0.15, -0.1) is 12.4 Å². The third-order valence-electron chi connectivity index (χ3n) is 2.88. The Morgan fingerprint density at radius 2 is 2.22 bits per heavy atom. The molecule has 1 rings (SSSR count). The maximum absolute atomic E-state index is 11.9. The molecule has 0 aliphatic carbocycles. The molecule has 0 radical (unpaired) electrons. The van der Waals surface area contributed by atoms with Crippen molar-refractivity contribution in [3.8, 4) is 0 Å². The van der Waals surface area contributed by atoms with Gasteiger partial charge in [0.15, 0.2) is 0 Å². The average Bonchev–Trinajstić information content (AvgIpc) is 2.35. The van der Waals surface area contributed by atoms with E-state index in [4.69, 9.17) is 0 Å². The first-order chi connectivity index (χ1) is 8.06. The standard InChI is InChI=1S/C11H23N3O2S.ClH/c1-3-4-9-14(2)17(15,16)13-10-11-5-7-12-8-6-11;/h5,12-13H,3-4,6-10H2,1-2H3;1H. The van der Waals surface area contributed by atoms with E-state index in [0.29, 0.717) is 13.1 Å². The summed E-state index contributed by atoms with van der Waals surface area (Å²) in [6.07, 6.45) is 4.86. The van der Waals surface area contributed by atoms with Gasteiger partial charge >= 0.3 is 0 Å². The van der Waals surface area contributed by atoms with E-state index in [1.807, 2.05) is 6.92 Å². The van der Waals surface area contributed by atoms with Gasteiger partial charge in [0, 0.05) is 26.7 Å². The van der Waals surface area contributed by atoms with Crippen LogP contribution in [-0.4, -0.2) is 45.9 Å². The molecule has 0 saturated carbocycles. The molecule has 0 fully saturated rings. The lowest BCUT2D eigenvalue weighted by Gasteiger charge is -2.19. The van der Waals surface area contributed by atoms with Crippen LogP contribution in [0.4, 0.5) is 0 Å². The van der Waals surface area contributed by atoms with Crippen LogP contribution in [0.2, 0.25) is 0 Å². The fourth-order valence-corrected chi connectivity index (χ4v) is 2.58. The first-order valence-corrected chi connectivity index (χ1v) is 7.60. The second kappa shape index (κ2) is 8.87. The Morgan fingerprint density at radius 1 is 1.50 bits per heavy atom. The van der Waals surface area contributed by atoms with Gasteiger partial charge in [-0.25, -0.2) is 0 Å². The van der Waals surface area contributed by atoms with Gasteiger partial charge in [0.05, 0.1) is 0 Å². The summed E-state index contributed by atoms with van der Waals surface area (Å²) in [5.74, 6) is 0. The number of halogens is 1. The van der Waals surface area contributed by atoms with Gasteiger partial charge in [-0.05, 0) is 19.4 Å². The Balaban J connectivity index is 0.00000289. The van der Waals surface area contributed by atoms with Crippen LogP contribution in [0.1, 0.15) is 26.2 Å². The highest BCUT2D eigenvalue weighted by molar-refractivity contribution is 7.87. The molecular weight excluding hydrogens is 274 g/mol. The fourth-order valence-electron chi connectivity index (χ4n) is 1.63. The third kappa shape index (κ3) is 6.15. The van der Waals surface area contributed by atoms with E-state index in [0.717, 1.165) is 37.9 Å². The number of rotatable bonds is 7. The molecule has 7 heteroatoms. The second-order valence-corrected chi connectivity index (χ2v) is 6.18. The highest BCUT2D eigenvalue weighted by Gasteiger charge is 2.16. The minimum absolute atomic E-state index is 0. The van der Waals surface area contributed by atoms with Crippen LogP contribution in [0.25, 0.3) is 0 Å². The average molecular weight is 298 g/mol. The third-order valence-corrected chi connectivity index (χ3v) is 4.39. The zero-order valence-electron chi connectivity index (χ0n) is 11.1. The van der Waals surface area contributed by atoms with Gasteiger partial charge in [-0.3, -0.25) is 0 Å². The van der Waals surface area contributed by atoms with Crippen LogP contribution in [0.15, 0.2) is 11.6 Å². The SMILES string of the molecule is CCCCN(C)S(=O)(=O)NCC1=CCNCC1.Cl. The van der Waals surface area contributed by atoms with Crippen molar-refractivity contribution in [3.63, 3.8) is 0 Å². The number of nitrogens with zero attached hydrogens (tertiary/aromatic N) is 1. The predicted octanol–water partition coefficient (Wildman–Crippen LogP) is 0.894. The van der Waals surface area contributed by atoms with Gasteiger partial charge in [0.25, 0.3) is 10.2 Å². The second-order valence-electron chi connectivity index (χ2n) is 4.32. The number of unbranched alkanes of at least 4 members (excludes halogenated alkanes) is 1. The Bertz CT molecular complexity index is 357. The smallest absolute Gasteiger partial charge is 0.279 e. The highest BCUT2D eigenvalue weighted by atomic mass is 35.5. The van der Waals surface area contributed by atoms with Gasteiger partial charge in [-0.1, -0.05) is 25.0 Å². The lowest BCUT2D eigenvalue weighted by Crippen LogP contribution is -2.40. The van der Waals surface area contributed by atoms with E-state index in [-0.39, 0.29) is 12.4 Å². The summed E-state index contributed by atoms with van der Waals surface area (Å²) in [6, 6.07) is 0. The van der Waals surface area contributed by atoms with E-state index in [1.165, 1.54) is 4.31 Å². The first kappa shape index (κ1) is 17.9. The summed E-state index contributed by atoms with van der Waals surface area (Å²) in [6.45, 7) is 4.82. The summed E-state index contributed by atoms with van der Waals surface area (Å²) in [4.78, 5) is 0. The summed E-state index contributed by atoms with van der Waals surface area (Å²) in [7, 11) is -1.69. The summed E-state index contributed by atoms with van der Waals surface area (Å²) >= 11 is 0. The Morgan fingerprint density at radius 3 is 2.78 bits per heavy atom. The monoisotopic (exact) mass is 297 g/mol. The molecule has 108 valence electrons. The van der Waals surface area contributed by atoms with Crippen LogP contribution in [0.3, 0.4) is 0 Å². The Kier molecular flexibility index (Phi) is 8.81. The van der Waals surface area contributed by atoms with Gasteiger partial charge in [0.2, 0.25) is 0 Å². The molecule has 1 aliphatic rings. The van der Waals surface area contributed by atoms with Crippen molar-refractivity contribution >= 4 is 22.6 Å². The lowest BCUT2D eigenvalue weighted by molar-refractivity contribution is 0.450. The topological polar surface area (TPSA) is 61.4 Å². The number of hydrogen-bond donors (Lipinski definition) is 2. The molecule has 1 aliphatic heterocycles. The molecule has 1 heterocycles. The zero-order chi connectivity index (χ0) is 12.7. The summed E-state index contributed by atoms with van der Waals surface area (Å²) in [5.41, 5.74) is 1.16. The van der Waals surface area contributed by atoms with E-state index < -0.39 is 10.2 Å². The molecular formula is C11H24ClN3O2S. The van der Waals surface area contributed by atoms with Crippen LogP contribution in [-0.2, 0) is 10.2 Å². The predicted molar refractivity (Wildman–Crippen MR) is 77.3 cm³/mol. The number of hydrogen-bond acceptors (Lipinski definition) is 3. The zero-order valence-corrected chi connectivity index (χ0v) is 12.7. The molecule has 0 amide bonds. The van der Waals surface area contributed by atoms with Crippen molar-refractivity contribution in [1.29, 1.82) is 0 Å². The van der Waals surface area contributed by atoms with E-state index in [2.05, 4.69) is 16.1 Å². The van der Waals surface area contributed by atoms with Gasteiger partial charge < -0.3 is 5.32 Å². The molecule has 0 aromatic carbocycles. The number of nitrogens with one attached hydrogen (secondary N) is 2. The lowest BCUT2D eigenvalue weighted by atomic mass is 10.1. The minimum Gasteiger partial charge on any atom is -0.313 e. The van der Waals surface area contributed by atoms with Crippen LogP contribution in [0.5, 0.6) is 0 Å². The first-order valence-electron chi connectivity index (χ1n) is 6.16. The maximum Gasteiger partial charge on any atom is 0.279 e. The van der Waals surface area contributed by atoms with Crippen molar-refractivity contribution in [1.82, 2.24) is 14.3 Å². The molecule has 0 aromatic heterocycles. The molecule has 0 spiro atoms. The normalized spacial score (nSPS) is 16.3. The molecule has 0 bridgehead atoms. The Hall–Kier alpha value is -0.140. The van der Waals surface area contributed by atoms with Crippen LogP contribution in [0, 0.1) is 0 Å². The maximum atomic E-state index is 11.9. The van der Waals surface area contributed by atoms with Crippen molar-refractivity contribution in [2.24, 2.45) is 0 Å². The fraction of sp³-hybridized carbons (Fsp3) is 0.818. The summed E-state index contributed by atoms with van der Waals surface area (Å²) in [5, 5.41) is 3.20. The quantitative estimate of drug-likeness (QED) is 0.686. The van der Waals surface area contributed by atoms with Crippen molar-refractivity contribution in [2.45, 2.75) is 26.2 Å². The highest BCUT2D eigenvalue weighted by Crippen LogP contribution is 2.04. The Labute approximate surface area is 117 Å². The van der Waals surface area contributed by atoms with Crippen molar-refractivity contribution < 1.29 is 8.42 Å². The molecule has 0 atom stereocenters. The molecule has 0 unspecified atom stereocenters. The summed E-state index contributed by atoms with van der Waals surface area (Å²) < 4.78 is 27.7.